The molecular formula is C19H16Cl2N4O5S2. The monoisotopic (exact) mass is 514 g/mol. The first-order valence-corrected chi connectivity index (χ1v) is 12.5. The van der Waals surface area contributed by atoms with Gasteiger partial charge in [-0.2, -0.15) is 0 Å². The van der Waals surface area contributed by atoms with E-state index in [2.05, 4.69) is 10.0 Å². The van der Waals surface area contributed by atoms with Crippen molar-refractivity contribution in [3.05, 3.63) is 76.3 Å². The molecular weight excluding hydrogens is 499 g/mol. The van der Waals surface area contributed by atoms with Gasteiger partial charge in [0.05, 0.1) is 21.2 Å². The number of primary sulfonamides is 1. The molecule has 9 nitrogen and oxygen atoms in total. The number of nitrogens with two attached hydrogens (primary N) is 2. The molecule has 0 unspecified atom stereocenters. The van der Waals surface area contributed by atoms with E-state index >= 15 is 0 Å². The summed E-state index contributed by atoms with van der Waals surface area (Å²) in [6.07, 6.45) is 0. The van der Waals surface area contributed by atoms with Gasteiger partial charge in [-0.1, -0.05) is 23.2 Å². The summed E-state index contributed by atoms with van der Waals surface area (Å²) in [6, 6.07) is 12.9. The third-order valence-electron chi connectivity index (χ3n) is 4.15. The number of nitrogens with one attached hydrogen (secondary N) is 2. The third kappa shape index (κ3) is 5.50. The minimum Gasteiger partial charge on any atom is -0.399 e. The number of hydrogen-bond donors (Lipinski definition) is 4. The van der Waals surface area contributed by atoms with Crippen molar-refractivity contribution in [1.82, 2.24) is 0 Å². The molecule has 0 spiro atoms. The molecule has 0 aliphatic heterocycles. The zero-order valence-electron chi connectivity index (χ0n) is 16.0. The molecule has 0 atom stereocenters. The summed E-state index contributed by atoms with van der Waals surface area (Å²) < 4.78 is 50.9. The molecule has 1 amide bonds. The normalized spacial score (nSPS) is 11.7. The van der Waals surface area contributed by atoms with Crippen molar-refractivity contribution in [1.29, 1.82) is 0 Å². The van der Waals surface area contributed by atoms with Gasteiger partial charge in [0.2, 0.25) is 10.0 Å². The molecule has 0 radical (unpaired) electrons. The second-order valence-electron chi connectivity index (χ2n) is 6.51. The van der Waals surface area contributed by atoms with Crippen molar-refractivity contribution in [3.63, 3.8) is 0 Å². The molecule has 0 saturated carbocycles. The van der Waals surface area contributed by atoms with Crippen LogP contribution in [-0.4, -0.2) is 22.7 Å². The predicted octanol–water partition coefficient (Wildman–Crippen LogP) is 3.28. The molecule has 3 rings (SSSR count). The van der Waals surface area contributed by atoms with Crippen molar-refractivity contribution in [2.75, 3.05) is 15.8 Å². The first-order chi connectivity index (χ1) is 14.9. The standard InChI is InChI=1S/C19H16Cl2N4O5S2/c20-11-1-7-15(16(21)9-11)19(26)24-17-10-12(22)2-8-18(17)32(29,30)25-13-3-5-14(6-4-13)31(23,27)28/h1-10,25H,22H2,(H,24,26)(H2,23,27,28). The topological polar surface area (TPSA) is 161 Å². The highest BCUT2D eigenvalue weighted by atomic mass is 35.5. The Kier molecular flexibility index (Phi) is 6.67. The Bertz CT molecular complexity index is 1410. The second kappa shape index (κ2) is 8.96. The first-order valence-electron chi connectivity index (χ1n) is 8.68. The fraction of sp³-hybridized carbons (Fsp3) is 0. The van der Waals surface area contributed by atoms with E-state index in [-0.39, 0.29) is 37.4 Å². The molecule has 168 valence electrons. The largest absolute Gasteiger partial charge is 0.399 e. The number of sulfonamides is 2. The van der Waals surface area contributed by atoms with Crippen LogP contribution in [0.4, 0.5) is 17.1 Å². The number of rotatable bonds is 6. The lowest BCUT2D eigenvalue weighted by Gasteiger charge is -2.15. The van der Waals surface area contributed by atoms with Crippen molar-refractivity contribution < 1.29 is 21.6 Å². The summed E-state index contributed by atoms with van der Waals surface area (Å²) in [6.45, 7) is 0. The fourth-order valence-corrected chi connectivity index (χ4v) is 4.88. The van der Waals surface area contributed by atoms with Gasteiger partial charge in [0.25, 0.3) is 15.9 Å². The molecule has 3 aromatic carbocycles. The number of amides is 1. The molecule has 0 aliphatic carbocycles. The van der Waals surface area contributed by atoms with E-state index in [0.29, 0.717) is 5.02 Å². The number of hydrogen-bond acceptors (Lipinski definition) is 6. The average molecular weight is 515 g/mol. The Labute approximate surface area is 194 Å². The van der Waals surface area contributed by atoms with Crippen molar-refractivity contribution in [2.24, 2.45) is 5.14 Å². The third-order valence-corrected chi connectivity index (χ3v) is 7.07. The van der Waals surface area contributed by atoms with Gasteiger partial charge in [0.15, 0.2) is 0 Å². The maximum absolute atomic E-state index is 13.0. The summed E-state index contributed by atoms with van der Waals surface area (Å²) in [5.74, 6) is -0.675. The number of anilines is 3. The maximum Gasteiger partial charge on any atom is 0.263 e. The van der Waals surface area contributed by atoms with Gasteiger partial charge in [-0.15, -0.1) is 0 Å². The highest BCUT2D eigenvalue weighted by molar-refractivity contribution is 7.93. The summed E-state index contributed by atoms with van der Waals surface area (Å²) in [5.41, 5.74) is 6.04. The molecule has 0 aromatic heterocycles. The summed E-state index contributed by atoms with van der Waals surface area (Å²) in [5, 5.41) is 7.93. The number of carbonyl (C=O) groups excluding carboxylic acids is 1. The highest BCUT2D eigenvalue weighted by Crippen LogP contribution is 2.28. The van der Waals surface area contributed by atoms with E-state index in [1.54, 1.807) is 0 Å². The smallest absolute Gasteiger partial charge is 0.263 e. The predicted molar refractivity (Wildman–Crippen MR) is 124 cm³/mol. The number of halogens is 2. The van der Waals surface area contributed by atoms with Crippen LogP contribution in [-0.2, 0) is 20.0 Å². The Hall–Kier alpha value is -2.83. The van der Waals surface area contributed by atoms with E-state index in [4.69, 9.17) is 34.1 Å². The molecule has 0 saturated heterocycles. The minimum absolute atomic E-state index is 0.0762. The highest BCUT2D eigenvalue weighted by Gasteiger charge is 2.22. The van der Waals surface area contributed by atoms with Gasteiger partial charge in [-0.25, -0.2) is 22.0 Å². The van der Waals surface area contributed by atoms with Crippen LogP contribution in [0, 0.1) is 0 Å². The van der Waals surface area contributed by atoms with Crippen LogP contribution in [0.5, 0.6) is 0 Å². The van der Waals surface area contributed by atoms with Crippen LogP contribution in [0.3, 0.4) is 0 Å². The van der Waals surface area contributed by atoms with Crippen LogP contribution < -0.4 is 20.9 Å². The number of benzene rings is 3. The molecule has 0 bridgehead atoms. The summed E-state index contributed by atoms with van der Waals surface area (Å²) in [4.78, 5) is 12.2. The van der Waals surface area contributed by atoms with Crippen molar-refractivity contribution in [3.8, 4) is 0 Å². The Morgan fingerprint density at radius 2 is 1.53 bits per heavy atom. The maximum atomic E-state index is 13.0. The van der Waals surface area contributed by atoms with E-state index in [1.165, 1.54) is 48.5 Å². The molecule has 0 heterocycles. The molecule has 6 N–H and O–H groups in total. The van der Waals surface area contributed by atoms with Crippen LogP contribution in [0.15, 0.2) is 70.5 Å². The first kappa shape index (κ1) is 23.8. The van der Waals surface area contributed by atoms with Gasteiger partial charge < -0.3 is 11.1 Å². The summed E-state index contributed by atoms with van der Waals surface area (Å²) in [7, 11) is -8.14. The van der Waals surface area contributed by atoms with Gasteiger partial charge in [0.1, 0.15) is 4.90 Å². The van der Waals surface area contributed by atoms with Crippen LogP contribution in [0.2, 0.25) is 10.0 Å². The van der Waals surface area contributed by atoms with Crippen molar-refractivity contribution in [2.45, 2.75) is 9.79 Å². The molecule has 0 fully saturated rings. The van der Waals surface area contributed by atoms with Crippen LogP contribution in [0.25, 0.3) is 0 Å². The lowest BCUT2D eigenvalue weighted by Crippen LogP contribution is -2.19. The Morgan fingerprint density at radius 1 is 0.875 bits per heavy atom. The fourth-order valence-electron chi connectivity index (χ4n) is 2.67. The van der Waals surface area contributed by atoms with E-state index < -0.39 is 26.0 Å². The van der Waals surface area contributed by atoms with Crippen LogP contribution >= 0.6 is 23.2 Å². The lowest BCUT2D eigenvalue weighted by molar-refractivity contribution is 0.102. The second-order valence-corrected chi connectivity index (χ2v) is 10.6. The van der Waals surface area contributed by atoms with Gasteiger partial charge in [-0.3, -0.25) is 9.52 Å². The average Bonchev–Trinajstić information content (AvgIpc) is 2.67. The zero-order valence-corrected chi connectivity index (χ0v) is 19.2. The van der Waals surface area contributed by atoms with Gasteiger partial charge >= 0.3 is 0 Å². The summed E-state index contributed by atoms with van der Waals surface area (Å²) >= 11 is 11.9. The van der Waals surface area contributed by atoms with Gasteiger partial charge in [0, 0.05) is 16.4 Å². The Balaban J connectivity index is 1.93. The molecule has 32 heavy (non-hydrogen) atoms. The number of nitrogen functional groups attached to an aromatic ring is 1. The van der Waals surface area contributed by atoms with Gasteiger partial charge in [-0.05, 0) is 60.7 Å². The quantitative estimate of drug-likeness (QED) is 0.369. The Morgan fingerprint density at radius 3 is 2.12 bits per heavy atom. The molecule has 3 aromatic rings. The SMILES string of the molecule is Nc1ccc(S(=O)(=O)Nc2ccc(S(N)(=O)=O)cc2)c(NC(=O)c2ccc(Cl)cc2Cl)c1. The zero-order chi connectivity index (χ0) is 23.7. The van der Waals surface area contributed by atoms with Crippen molar-refractivity contribution >= 4 is 66.2 Å². The van der Waals surface area contributed by atoms with E-state index in [0.717, 1.165) is 12.1 Å². The van der Waals surface area contributed by atoms with Crippen LogP contribution in [0.1, 0.15) is 10.4 Å². The number of carbonyl (C=O) groups is 1. The van der Waals surface area contributed by atoms with E-state index in [9.17, 15) is 21.6 Å². The van der Waals surface area contributed by atoms with E-state index in [1.807, 2.05) is 0 Å². The lowest BCUT2D eigenvalue weighted by atomic mass is 10.2. The molecule has 13 heteroatoms. The minimum atomic E-state index is -4.21. The molecule has 0 aliphatic rings.